The third-order valence-corrected chi connectivity index (χ3v) is 3.96. The second-order valence-electron chi connectivity index (χ2n) is 5.70. The molecule has 1 atom stereocenters. The molecule has 1 aromatic carbocycles. The number of rotatable bonds is 5. The molecule has 0 saturated heterocycles. The monoisotopic (exact) mass is 342 g/mol. The highest BCUT2D eigenvalue weighted by atomic mass is 16.6. The molecule has 0 aliphatic carbocycles. The van der Waals surface area contributed by atoms with Crippen LogP contribution in [0.3, 0.4) is 0 Å². The number of fused-ring (bicyclic) bond motifs is 1. The Kier molecular flexibility index (Phi) is 4.72. The summed E-state index contributed by atoms with van der Waals surface area (Å²) in [5.41, 5.74) is 1.81. The molecule has 6 nitrogen and oxygen atoms in total. The zero-order valence-electron chi connectivity index (χ0n) is 14.2. The predicted octanol–water partition coefficient (Wildman–Crippen LogP) is 3.23. The van der Waals surface area contributed by atoms with Crippen molar-refractivity contribution in [3.8, 4) is 0 Å². The highest BCUT2D eigenvalue weighted by Crippen LogP contribution is 2.36. The maximum atomic E-state index is 11.8. The van der Waals surface area contributed by atoms with Crippen LogP contribution in [-0.4, -0.2) is 32.1 Å². The number of aldehydes is 1. The van der Waals surface area contributed by atoms with Crippen LogP contribution in [0.1, 0.15) is 19.6 Å². The Morgan fingerprint density at radius 3 is 2.72 bits per heavy atom. The Bertz CT molecular complexity index is 853. The van der Waals surface area contributed by atoms with E-state index in [1.807, 2.05) is 30.3 Å². The number of hydrogen-bond acceptors (Lipinski definition) is 6. The van der Waals surface area contributed by atoms with Gasteiger partial charge in [0.05, 0.1) is 0 Å². The molecule has 0 spiro atoms. The lowest BCUT2D eigenvalue weighted by Gasteiger charge is -2.26. The van der Waals surface area contributed by atoms with Crippen molar-refractivity contribution in [2.75, 3.05) is 13.7 Å². The number of esters is 1. The Labute approximate surface area is 144 Å². The van der Waals surface area contributed by atoms with Gasteiger partial charge in [0.15, 0.2) is 23.9 Å². The molecule has 0 fully saturated rings. The van der Waals surface area contributed by atoms with Gasteiger partial charge in [-0.05, 0) is 26.0 Å². The fourth-order valence-corrected chi connectivity index (χ4v) is 2.72. The van der Waals surface area contributed by atoms with E-state index in [1.165, 1.54) is 7.11 Å². The van der Waals surface area contributed by atoms with Crippen molar-refractivity contribution >= 4 is 29.0 Å². The first-order chi connectivity index (χ1) is 12.0. The molecule has 0 radical (unpaired) electrons. The molecule has 0 N–H and O–H groups in total. The third-order valence-electron chi connectivity index (χ3n) is 3.96. The Morgan fingerprint density at radius 1 is 1.28 bits per heavy atom. The van der Waals surface area contributed by atoms with Gasteiger partial charge in [-0.3, -0.25) is 4.79 Å². The summed E-state index contributed by atoms with van der Waals surface area (Å²) in [5, 5.41) is 0.910. The van der Waals surface area contributed by atoms with Crippen molar-refractivity contribution in [3.05, 3.63) is 53.0 Å². The minimum absolute atomic E-state index is 0.184. The molecular weight excluding hydrogens is 324 g/mol. The second kappa shape index (κ2) is 6.94. The SMILES string of the molecule is COCC(=O)OC1=C(C)C(C=O)OC(c2cc3ccccc3o2)=C1C. The Balaban J connectivity index is 2.06. The number of allylic oxidation sites excluding steroid dienone is 1. The summed E-state index contributed by atoms with van der Waals surface area (Å²) in [7, 11) is 1.41. The van der Waals surface area contributed by atoms with E-state index in [1.54, 1.807) is 13.8 Å². The second-order valence-corrected chi connectivity index (χ2v) is 5.70. The first-order valence-corrected chi connectivity index (χ1v) is 7.77. The number of benzene rings is 1. The van der Waals surface area contributed by atoms with Gasteiger partial charge in [0, 0.05) is 23.6 Å². The molecule has 0 bridgehead atoms. The van der Waals surface area contributed by atoms with E-state index in [-0.39, 0.29) is 6.61 Å². The van der Waals surface area contributed by atoms with Gasteiger partial charge in [0.1, 0.15) is 17.9 Å². The molecule has 3 rings (SSSR count). The van der Waals surface area contributed by atoms with Crippen LogP contribution < -0.4 is 0 Å². The Hall–Kier alpha value is -2.86. The number of furan rings is 1. The molecule has 0 amide bonds. The van der Waals surface area contributed by atoms with Crippen LogP contribution in [0.15, 0.2) is 51.7 Å². The number of hydrogen-bond donors (Lipinski definition) is 0. The lowest BCUT2D eigenvalue weighted by atomic mass is 10.0. The minimum atomic E-state index is -0.850. The molecule has 130 valence electrons. The van der Waals surface area contributed by atoms with Crippen molar-refractivity contribution in [2.45, 2.75) is 20.0 Å². The maximum Gasteiger partial charge on any atom is 0.337 e. The summed E-state index contributed by atoms with van der Waals surface area (Å²) in [6.07, 6.45) is -0.188. The van der Waals surface area contributed by atoms with E-state index in [2.05, 4.69) is 0 Å². The van der Waals surface area contributed by atoms with Crippen LogP contribution >= 0.6 is 0 Å². The van der Waals surface area contributed by atoms with E-state index >= 15 is 0 Å². The van der Waals surface area contributed by atoms with Crippen LogP contribution in [0.5, 0.6) is 0 Å². The van der Waals surface area contributed by atoms with E-state index in [0.29, 0.717) is 40.3 Å². The lowest BCUT2D eigenvalue weighted by molar-refractivity contribution is -0.143. The fraction of sp³-hybridized carbons (Fsp3) is 0.263. The van der Waals surface area contributed by atoms with Crippen molar-refractivity contribution in [2.24, 2.45) is 0 Å². The summed E-state index contributed by atoms with van der Waals surface area (Å²) in [5.74, 6) is 0.602. The highest BCUT2D eigenvalue weighted by Gasteiger charge is 2.31. The van der Waals surface area contributed by atoms with E-state index in [4.69, 9.17) is 18.6 Å². The first kappa shape index (κ1) is 17.0. The maximum absolute atomic E-state index is 11.8. The molecule has 1 aliphatic heterocycles. The van der Waals surface area contributed by atoms with Gasteiger partial charge in [-0.15, -0.1) is 0 Å². The Morgan fingerprint density at radius 2 is 2.04 bits per heavy atom. The predicted molar refractivity (Wildman–Crippen MR) is 90.4 cm³/mol. The number of para-hydroxylation sites is 1. The van der Waals surface area contributed by atoms with Gasteiger partial charge >= 0.3 is 5.97 Å². The standard InChI is InChI=1S/C19H18O6/c1-11-16(9-20)24-19(12(2)18(11)25-17(21)10-22-3)15-8-13-6-4-5-7-14(13)23-15/h4-9,16H,10H2,1-3H3. The molecule has 0 saturated carbocycles. The largest absolute Gasteiger partial charge is 0.474 e. The van der Waals surface area contributed by atoms with Gasteiger partial charge in [0.2, 0.25) is 0 Å². The molecule has 25 heavy (non-hydrogen) atoms. The van der Waals surface area contributed by atoms with Crippen LogP contribution in [0.2, 0.25) is 0 Å². The van der Waals surface area contributed by atoms with Gasteiger partial charge in [-0.1, -0.05) is 18.2 Å². The smallest absolute Gasteiger partial charge is 0.337 e. The molecule has 2 heterocycles. The first-order valence-electron chi connectivity index (χ1n) is 7.77. The van der Waals surface area contributed by atoms with Gasteiger partial charge in [0.25, 0.3) is 0 Å². The topological polar surface area (TPSA) is 75.0 Å². The number of methoxy groups -OCH3 is 1. The molecule has 6 heteroatoms. The zero-order valence-corrected chi connectivity index (χ0v) is 14.2. The van der Waals surface area contributed by atoms with E-state index < -0.39 is 12.1 Å². The third kappa shape index (κ3) is 3.21. The van der Waals surface area contributed by atoms with Gasteiger partial charge < -0.3 is 18.6 Å². The molecule has 2 aromatic rings. The number of carbonyl (C=O) groups is 2. The highest BCUT2D eigenvalue weighted by molar-refractivity contribution is 5.83. The average Bonchev–Trinajstić information content (AvgIpc) is 3.03. The lowest BCUT2D eigenvalue weighted by Crippen LogP contribution is -2.25. The minimum Gasteiger partial charge on any atom is -0.474 e. The summed E-state index contributed by atoms with van der Waals surface area (Å²) in [4.78, 5) is 23.2. The van der Waals surface area contributed by atoms with Crippen LogP contribution in [0.4, 0.5) is 0 Å². The van der Waals surface area contributed by atoms with Crippen molar-refractivity contribution in [3.63, 3.8) is 0 Å². The quantitative estimate of drug-likeness (QED) is 0.613. The molecule has 1 aromatic heterocycles. The summed E-state index contributed by atoms with van der Waals surface area (Å²) < 4.78 is 21.8. The van der Waals surface area contributed by atoms with Crippen molar-refractivity contribution in [1.29, 1.82) is 0 Å². The van der Waals surface area contributed by atoms with E-state index in [9.17, 15) is 9.59 Å². The normalized spacial score (nSPS) is 17.6. The molecule has 1 unspecified atom stereocenters. The average molecular weight is 342 g/mol. The van der Waals surface area contributed by atoms with Gasteiger partial charge in [-0.25, -0.2) is 4.79 Å². The van der Waals surface area contributed by atoms with E-state index in [0.717, 1.165) is 5.39 Å². The van der Waals surface area contributed by atoms with Crippen LogP contribution in [0.25, 0.3) is 16.7 Å². The number of carbonyl (C=O) groups excluding carboxylic acids is 2. The zero-order chi connectivity index (χ0) is 18.0. The van der Waals surface area contributed by atoms with Crippen molar-refractivity contribution < 1.29 is 28.2 Å². The summed E-state index contributed by atoms with van der Waals surface area (Å²) in [6.45, 7) is 3.26. The van der Waals surface area contributed by atoms with Crippen LogP contribution in [0, 0.1) is 0 Å². The molecule has 1 aliphatic rings. The van der Waals surface area contributed by atoms with Crippen molar-refractivity contribution in [1.82, 2.24) is 0 Å². The summed E-state index contributed by atoms with van der Waals surface area (Å²) in [6, 6.07) is 9.36. The van der Waals surface area contributed by atoms with Gasteiger partial charge in [-0.2, -0.15) is 0 Å². The number of ether oxygens (including phenoxy) is 3. The molecular formula is C19H18O6. The summed E-state index contributed by atoms with van der Waals surface area (Å²) >= 11 is 0. The fourth-order valence-electron chi connectivity index (χ4n) is 2.72. The van der Waals surface area contributed by atoms with Crippen LogP contribution in [-0.2, 0) is 23.8 Å².